The molecule has 0 aliphatic rings. The Morgan fingerprint density at radius 3 is 2.50 bits per heavy atom. The highest BCUT2D eigenvalue weighted by atomic mass is 32.1. The maximum Gasteiger partial charge on any atom is 0.368 e. The number of carbonyl (C=O) groups is 2. The van der Waals surface area contributed by atoms with Crippen LogP contribution in [0.1, 0.15) is 25.9 Å². The number of thiophene rings is 1. The van der Waals surface area contributed by atoms with Gasteiger partial charge in [-0.15, -0.1) is 11.3 Å². The van der Waals surface area contributed by atoms with Crippen molar-refractivity contribution in [2.75, 3.05) is 5.32 Å². The van der Waals surface area contributed by atoms with Gasteiger partial charge in [-0.2, -0.15) is 5.10 Å². The molecular formula is C23H16N4O6S. The molecule has 0 radical (unpaired) electrons. The minimum Gasteiger partial charge on any atom is -0.422 e. The van der Waals surface area contributed by atoms with Crippen molar-refractivity contribution in [2.45, 2.75) is 6.92 Å². The molecule has 2 aromatic carbocycles. The molecule has 0 saturated carbocycles. The van der Waals surface area contributed by atoms with Crippen LogP contribution in [-0.4, -0.2) is 26.6 Å². The van der Waals surface area contributed by atoms with Gasteiger partial charge in [0.2, 0.25) is 11.1 Å². The number of aromatic nitrogens is 2. The van der Waals surface area contributed by atoms with Crippen LogP contribution in [0, 0.1) is 17.0 Å². The second kappa shape index (κ2) is 9.46. The number of hydrogen-bond acceptors (Lipinski definition) is 8. The van der Waals surface area contributed by atoms with E-state index in [0.29, 0.717) is 16.3 Å². The van der Waals surface area contributed by atoms with Crippen molar-refractivity contribution in [3.63, 3.8) is 0 Å². The van der Waals surface area contributed by atoms with Crippen LogP contribution in [0.2, 0.25) is 0 Å². The molecule has 0 atom stereocenters. The highest BCUT2D eigenvalue weighted by molar-refractivity contribution is 7.12. The van der Waals surface area contributed by atoms with Crippen molar-refractivity contribution in [1.82, 2.24) is 9.78 Å². The monoisotopic (exact) mass is 476 g/mol. The van der Waals surface area contributed by atoms with Gasteiger partial charge in [0.15, 0.2) is 0 Å². The first-order valence-electron chi connectivity index (χ1n) is 9.85. The highest BCUT2D eigenvalue weighted by Gasteiger charge is 2.21. The zero-order valence-corrected chi connectivity index (χ0v) is 18.4. The maximum absolute atomic E-state index is 12.7. The Morgan fingerprint density at radius 1 is 1.09 bits per heavy atom. The lowest BCUT2D eigenvalue weighted by Crippen LogP contribution is -2.26. The lowest BCUT2D eigenvalue weighted by molar-refractivity contribution is -0.384. The molecule has 170 valence electrons. The normalized spacial score (nSPS) is 10.5. The summed E-state index contributed by atoms with van der Waals surface area (Å²) in [7, 11) is 0. The molecule has 4 aromatic rings. The largest absolute Gasteiger partial charge is 0.422 e. The van der Waals surface area contributed by atoms with Gasteiger partial charge in [0.05, 0.1) is 9.80 Å². The first kappa shape index (κ1) is 22.6. The molecular weight excluding hydrogens is 460 g/mol. The summed E-state index contributed by atoms with van der Waals surface area (Å²) in [6.45, 7) is 1.55. The van der Waals surface area contributed by atoms with Crippen molar-refractivity contribution >= 4 is 34.6 Å². The van der Waals surface area contributed by atoms with Crippen LogP contribution in [0.3, 0.4) is 0 Å². The molecule has 4 rings (SSSR count). The van der Waals surface area contributed by atoms with E-state index in [9.17, 15) is 24.5 Å². The Labute approximate surface area is 196 Å². The molecule has 1 N–H and O–H groups in total. The average molecular weight is 476 g/mol. The third-order valence-electron chi connectivity index (χ3n) is 4.68. The van der Waals surface area contributed by atoms with Gasteiger partial charge in [-0.25, -0.2) is 9.48 Å². The second-order valence-corrected chi connectivity index (χ2v) is 7.95. The van der Waals surface area contributed by atoms with Gasteiger partial charge in [-0.3, -0.25) is 19.7 Å². The lowest BCUT2D eigenvalue weighted by atomic mass is 10.2. The van der Waals surface area contributed by atoms with Gasteiger partial charge >= 0.3 is 5.97 Å². The number of amides is 1. The Kier molecular flexibility index (Phi) is 6.28. The molecule has 2 heterocycles. The molecule has 0 aliphatic heterocycles. The SMILES string of the molecule is Cc1cc(=O)c(C(=O)Oc2ccc(NC(=O)c3cccs3)cc2)nn1-c1ccccc1[N+](=O)[O-]. The van der Waals surface area contributed by atoms with Gasteiger partial charge in [0.25, 0.3) is 11.6 Å². The number of nitrogens with one attached hydrogen (secondary N) is 1. The van der Waals surface area contributed by atoms with Gasteiger partial charge in [-0.1, -0.05) is 18.2 Å². The van der Waals surface area contributed by atoms with E-state index >= 15 is 0 Å². The van der Waals surface area contributed by atoms with Gasteiger partial charge < -0.3 is 10.1 Å². The average Bonchev–Trinajstić information content (AvgIpc) is 3.35. The fraction of sp³-hybridized carbons (Fsp3) is 0.0435. The number of nitro benzene ring substituents is 1. The predicted octanol–water partition coefficient (Wildman–Crippen LogP) is 3.98. The summed E-state index contributed by atoms with van der Waals surface area (Å²) >= 11 is 1.31. The van der Waals surface area contributed by atoms with E-state index in [4.69, 9.17) is 4.74 Å². The van der Waals surface area contributed by atoms with Crippen LogP contribution in [0.15, 0.2) is 76.9 Å². The second-order valence-electron chi connectivity index (χ2n) is 7.00. The van der Waals surface area contributed by atoms with Crippen LogP contribution in [0.4, 0.5) is 11.4 Å². The fourth-order valence-electron chi connectivity index (χ4n) is 3.09. The summed E-state index contributed by atoms with van der Waals surface area (Å²) in [6.07, 6.45) is 0. The zero-order valence-electron chi connectivity index (χ0n) is 17.6. The number of nitro groups is 1. The Bertz CT molecular complexity index is 1450. The quantitative estimate of drug-likeness (QED) is 0.193. The summed E-state index contributed by atoms with van der Waals surface area (Å²) in [4.78, 5) is 48.6. The van der Waals surface area contributed by atoms with E-state index in [1.807, 2.05) is 0 Å². The Balaban J connectivity index is 1.56. The predicted molar refractivity (Wildman–Crippen MR) is 125 cm³/mol. The minimum absolute atomic E-state index is 0.102. The number of aryl methyl sites for hydroxylation is 1. The van der Waals surface area contributed by atoms with E-state index in [1.165, 1.54) is 41.7 Å². The summed E-state index contributed by atoms with van der Waals surface area (Å²) in [5.41, 5.74) is -0.547. The van der Waals surface area contributed by atoms with Gasteiger partial charge in [-0.05, 0) is 48.7 Å². The standard InChI is InChI=1S/C23H16N4O6S/c1-14-13-19(28)21(25-26(14)17-5-2-3-6-18(17)27(31)32)23(30)33-16-10-8-15(9-11-16)24-22(29)20-7-4-12-34-20/h2-13H,1H3,(H,24,29). The third kappa shape index (κ3) is 4.74. The molecule has 0 bridgehead atoms. The maximum atomic E-state index is 12.7. The third-order valence-corrected chi connectivity index (χ3v) is 5.54. The molecule has 0 spiro atoms. The van der Waals surface area contributed by atoms with E-state index < -0.39 is 22.0 Å². The van der Waals surface area contributed by atoms with Gasteiger partial charge in [0, 0.05) is 23.5 Å². The number of carbonyl (C=O) groups excluding carboxylic acids is 2. The summed E-state index contributed by atoms with van der Waals surface area (Å²) in [5.74, 6) is -1.16. The Hall–Kier alpha value is -4.64. The van der Waals surface area contributed by atoms with Crippen molar-refractivity contribution in [1.29, 1.82) is 0 Å². The van der Waals surface area contributed by atoms with Crippen molar-refractivity contribution in [2.24, 2.45) is 0 Å². The molecule has 1 amide bonds. The summed E-state index contributed by atoms with van der Waals surface area (Å²) in [5, 5.41) is 19.9. The van der Waals surface area contributed by atoms with Crippen LogP contribution in [-0.2, 0) is 0 Å². The number of benzene rings is 2. The number of rotatable bonds is 6. The topological polar surface area (TPSA) is 133 Å². The summed E-state index contributed by atoms with van der Waals surface area (Å²) < 4.78 is 6.41. The van der Waals surface area contributed by atoms with Crippen molar-refractivity contribution in [3.05, 3.63) is 109 Å². The van der Waals surface area contributed by atoms with E-state index in [1.54, 1.807) is 42.6 Å². The lowest BCUT2D eigenvalue weighted by Gasteiger charge is -2.11. The zero-order chi connectivity index (χ0) is 24.2. The van der Waals surface area contributed by atoms with Crippen molar-refractivity contribution < 1.29 is 19.2 Å². The van der Waals surface area contributed by atoms with Gasteiger partial charge in [0.1, 0.15) is 11.4 Å². The molecule has 10 nitrogen and oxygen atoms in total. The van der Waals surface area contributed by atoms with E-state index in [-0.39, 0.29) is 23.0 Å². The molecule has 0 aliphatic carbocycles. The van der Waals surface area contributed by atoms with Crippen LogP contribution < -0.4 is 15.5 Å². The molecule has 0 unspecified atom stereocenters. The number of hydrogen-bond donors (Lipinski definition) is 1. The van der Waals surface area contributed by atoms with E-state index in [0.717, 1.165) is 10.7 Å². The highest BCUT2D eigenvalue weighted by Crippen LogP contribution is 2.23. The van der Waals surface area contributed by atoms with Crippen LogP contribution in [0.5, 0.6) is 5.75 Å². The number of para-hydroxylation sites is 2. The number of ether oxygens (including phenoxy) is 1. The smallest absolute Gasteiger partial charge is 0.368 e. The van der Waals surface area contributed by atoms with Crippen LogP contribution >= 0.6 is 11.3 Å². The summed E-state index contributed by atoms with van der Waals surface area (Å²) in [6, 6.07) is 16.5. The van der Waals surface area contributed by atoms with Crippen molar-refractivity contribution in [3.8, 4) is 11.4 Å². The minimum atomic E-state index is -1.02. The molecule has 11 heteroatoms. The molecule has 0 saturated heterocycles. The first-order valence-corrected chi connectivity index (χ1v) is 10.7. The molecule has 0 fully saturated rings. The number of nitrogens with zero attached hydrogens (tertiary/aromatic N) is 3. The fourth-order valence-corrected chi connectivity index (χ4v) is 3.71. The molecule has 34 heavy (non-hydrogen) atoms. The number of anilines is 1. The van der Waals surface area contributed by atoms with E-state index in [2.05, 4.69) is 10.4 Å². The van der Waals surface area contributed by atoms with Crippen LogP contribution in [0.25, 0.3) is 5.69 Å². The Morgan fingerprint density at radius 2 is 1.82 bits per heavy atom. The first-order chi connectivity index (χ1) is 16.3. The number of esters is 1. The molecule has 2 aromatic heterocycles.